The normalized spacial score (nSPS) is 16.3. The Hall–Kier alpha value is -2.50. The summed E-state index contributed by atoms with van der Waals surface area (Å²) in [6.45, 7) is 2.42. The van der Waals surface area contributed by atoms with E-state index in [1.807, 2.05) is 24.3 Å². The molecule has 1 aromatic heterocycles. The zero-order chi connectivity index (χ0) is 14.1. The first-order chi connectivity index (χ1) is 10.4. The molecule has 0 unspecified atom stereocenters. The first kappa shape index (κ1) is 12.3. The van der Waals surface area contributed by atoms with Crippen molar-refractivity contribution in [2.24, 2.45) is 0 Å². The summed E-state index contributed by atoms with van der Waals surface area (Å²) in [5.41, 5.74) is 0.887. The lowest BCUT2D eigenvalue weighted by molar-refractivity contribution is 0.174. The third-order valence-corrected chi connectivity index (χ3v) is 3.70. The fourth-order valence-electron chi connectivity index (χ4n) is 2.64. The van der Waals surface area contributed by atoms with E-state index in [1.165, 1.54) is 12.8 Å². The van der Waals surface area contributed by atoms with Gasteiger partial charge in [-0.3, -0.25) is 0 Å². The zero-order valence-corrected chi connectivity index (χ0v) is 11.6. The molecule has 1 aromatic carbocycles. The van der Waals surface area contributed by atoms with Crippen LogP contribution in [-0.2, 0) is 0 Å². The summed E-state index contributed by atoms with van der Waals surface area (Å²) < 4.78 is 10.7. The van der Waals surface area contributed by atoms with Gasteiger partial charge in [-0.25, -0.2) is 4.98 Å². The minimum absolute atomic E-state index is 0.278. The number of ether oxygens (including phenoxy) is 2. The van der Waals surface area contributed by atoms with Crippen LogP contribution in [0, 0.1) is 0 Å². The molecule has 0 aliphatic carbocycles. The molecule has 0 saturated carbocycles. The molecule has 0 radical (unpaired) electrons. The van der Waals surface area contributed by atoms with Crippen molar-refractivity contribution in [3.05, 3.63) is 30.5 Å². The van der Waals surface area contributed by atoms with E-state index in [1.54, 1.807) is 6.20 Å². The third kappa shape index (κ3) is 2.44. The number of anilines is 3. The second kappa shape index (κ2) is 5.12. The van der Waals surface area contributed by atoms with E-state index < -0.39 is 0 Å². The van der Waals surface area contributed by atoms with E-state index in [9.17, 15) is 0 Å². The summed E-state index contributed by atoms with van der Waals surface area (Å²) in [6.07, 6.45) is 4.25. The van der Waals surface area contributed by atoms with Gasteiger partial charge in [0.2, 0.25) is 12.7 Å². The van der Waals surface area contributed by atoms with Crippen LogP contribution >= 0.6 is 0 Å². The van der Waals surface area contributed by atoms with E-state index in [2.05, 4.69) is 20.2 Å². The van der Waals surface area contributed by atoms with Crippen molar-refractivity contribution >= 4 is 17.5 Å². The molecule has 0 atom stereocenters. The number of nitrogens with zero attached hydrogens (tertiary/aromatic N) is 3. The maximum Gasteiger partial charge on any atom is 0.231 e. The highest BCUT2D eigenvalue weighted by atomic mass is 16.7. The van der Waals surface area contributed by atoms with Crippen molar-refractivity contribution < 1.29 is 9.47 Å². The van der Waals surface area contributed by atoms with Gasteiger partial charge < -0.3 is 19.7 Å². The van der Waals surface area contributed by atoms with Crippen molar-refractivity contribution in [1.29, 1.82) is 0 Å². The average molecular weight is 284 g/mol. The molecule has 0 spiro atoms. The first-order valence-electron chi connectivity index (χ1n) is 7.13. The number of fused-ring (bicyclic) bond motifs is 1. The molecular formula is C15H16N4O2. The van der Waals surface area contributed by atoms with Crippen LogP contribution in [0.1, 0.15) is 12.8 Å². The average Bonchev–Trinajstić information content (AvgIpc) is 3.18. The van der Waals surface area contributed by atoms with Crippen molar-refractivity contribution in [1.82, 2.24) is 9.97 Å². The molecule has 2 aliphatic rings. The molecule has 0 amide bonds. The highest BCUT2D eigenvalue weighted by Gasteiger charge is 2.15. The van der Waals surface area contributed by atoms with Crippen LogP contribution in [0.3, 0.4) is 0 Å². The van der Waals surface area contributed by atoms with Crippen LogP contribution in [0.5, 0.6) is 11.5 Å². The first-order valence-corrected chi connectivity index (χ1v) is 7.13. The topological polar surface area (TPSA) is 59.5 Å². The smallest absolute Gasteiger partial charge is 0.231 e. The second-order valence-corrected chi connectivity index (χ2v) is 5.13. The Labute approximate surface area is 122 Å². The van der Waals surface area contributed by atoms with Gasteiger partial charge in [0.1, 0.15) is 5.82 Å². The summed E-state index contributed by atoms with van der Waals surface area (Å²) >= 11 is 0. The maximum atomic E-state index is 5.37. The molecule has 0 bridgehead atoms. The third-order valence-electron chi connectivity index (χ3n) is 3.70. The summed E-state index contributed by atoms with van der Waals surface area (Å²) in [5.74, 6) is 3.09. The quantitative estimate of drug-likeness (QED) is 0.934. The Balaban J connectivity index is 1.55. The van der Waals surface area contributed by atoms with Crippen LogP contribution < -0.4 is 19.7 Å². The Morgan fingerprint density at radius 2 is 1.90 bits per heavy atom. The van der Waals surface area contributed by atoms with Gasteiger partial charge in [-0.05, 0) is 31.0 Å². The lowest BCUT2D eigenvalue weighted by Gasteiger charge is -2.16. The fourth-order valence-corrected chi connectivity index (χ4v) is 2.64. The molecular weight excluding hydrogens is 268 g/mol. The van der Waals surface area contributed by atoms with E-state index in [4.69, 9.17) is 9.47 Å². The lowest BCUT2D eigenvalue weighted by Crippen LogP contribution is -2.19. The Kier molecular flexibility index (Phi) is 2.99. The molecule has 1 fully saturated rings. The maximum absolute atomic E-state index is 5.37. The van der Waals surface area contributed by atoms with Crippen LogP contribution in [0.25, 0.3) is 0 Å². The monoisotopic (exact) mass is 284 g/mol. The van der Waals surface area contributed by atoms with Gasteiger partial charge in [0.25, 0.3) is 0 Å². The van der Waals surface area contributed by atoms with Crippen LogP contribution in [0.4, 0.5) is 17.5 Å². The van der Waals surface area contributed by atoms with Crippen LogP contribution in [-0.4, -0.2) is 29.9 Å². The van der Waals surface area contributed by atoms with Crippen LogP contribution in [0.15, 0.2) is 30.5 Å². The number of benzene rings is 1. The second-order valence-electron chi connectivity index (χ2n) is 5.13. The molecule has 2 aliphatic heterocycles. The molecule has 6 nitrogen and oxygen atoms in total. The van der Waals surface area contributed by atoms with Gasteiger partial charge in [-0.2, -0.15) is 4.98 Å². The molecule has 6 heteroatoms. The molecule has 2 aromatic rings. The van der Waals surface area contributed by atoms with E-state index in [0.717, 1.165) is 36.1 Å². The number of aromatic nitrogens is 2. The Bertz CT molecular complexity index is 656. The van der Waals surface area contributed by atoms with E-state index in [-0.39, 0.29) is 6.79 Å². The Morgan fingerprint density at radius 3 is 2.81 bits per heavy atom. The van der Waals surface area contributed by atoms with Gasteiger partial charge in [0.15, 0.2) is 11.5 Å². The van der Waals surface area contributed by atoms with Crippen molar-refractivity contribution in [2.45, 2.75) is 12.8 Å². The van der Waals surface area contributed by atoms with Gasteiger partial charge in [0, 0.05) is 31.0 Å². The van der Waals surface area contributed by atoms with Gasteiger partial charge in [-0.1, -0.05) is 0 Å². The van der Waals surface area contributed by atoms with Crippen LogP contribution in [0.2, 0.25) is 0 Å². The van der Waals surface area contributed by atoms with E-state index in [0.29, 0.717) is 5.95 Å². The molecule has 21 heavy (non-hydrogen) atoms. The molecule has 4 rings (SSSR count). The molecule has 1 N–H and O–H groups in total. The summed E-state index contributed by atoms with van der Waals surface area (Å²) in [5, 5.41) is 3.21. The predicted molar refractivity (Wildman–Crippen MR) is 79.3 cm³/mol. The number of nitrogens with one attached hydrogen (secondary N) is 1. The minimum atomic E-state index is 0.278. The van der Waals surface area contributed by atoms with Gasteiger partial charge in [0.05, 0.1) is 0 Å². The summed E-state index contributed by atoms with van der Waals surface area (Å²) in [7, 11) is 0. The lowest BCUT2D eigenvalue weighted by atomic mass is 10.3. The highest BCUT2D eigenvalue weighted by Crippen LogP contribution is 2.34. The predicted octanol–water partition coefficient (Wildman–Crippen LogP) is 2.55. The Morgan fingerprint density at radius 1 is 1.05 bits per heavy atom. The van der Waals surface area contributed by atoms with E-state index >= 15 is 0 Å². The van der Waals surface area contributed by atoms with Crippen molar-refractivity contribution in [2.75, 3.05) is 30.1 Å². The van der Waals surface area contributed by atoms with Gasteiger partial charge in [-0.15, -0.1) is 0 Å². The zero-order valence-electron chi connectivity index (χ0n) is 11.6. The van der Waals surface area contributed by atoms with Crippen molar-refractivity contribution in [3.63, 3.8) is 0 Å². The summed E-state index contributed by atoms with van der Waals surface area (Å²) in [6, 6.07) is 7.67. The standard InChI is InChI=1S/C15H16N4O2/c1-2-8-19(7-1)14-5-6-16-15(18-14)17-11-3-4-12-13(9-11)21-10-20-12/h3-6,9H,1-2,7-8,10H2,(H,16,17,18). The highest BCUT2D eigenvalue weighted by molar-refractivity contribution is 5.61. The molecule has 108 valence electrons. The SMILES string of the molecule is c1cc(N2CCCC2)nc(Nc2ccc3c(c2)OCO3)n1. The molecule has 1 saturated heterocycles. The number of rotatable bonds is 3. The largest absolute Gasteiger partial charge is 0.454 e. The number of hydrogen-bond donors (Lipinski definition) is 1. The molecule has 3 heterocycles. The van der Waals surface area contributed by atoms with Gasteiger partial charge >= 0.3 is 0 Å². The number of hydrogen-bond acceptors (Lipinski definition) is 6. The summed E-state index contributed by atoms with van der Waals surface area (Å²) in [4.78, 5) is 11.1. The van der Waals surface area contributed by atoms with Crippen molar-refractivity contribution in [3.8, 4) is 11.5 Å². The minimum Gasteiger partial charge on any atom is -0.454 e. The fraction of sp³-hybridized carbons (Fsp3) is 0.333.